The maximum absolute atomic E-state index is 11.7. The number of benzene rings is 2. The highest BCUT2D eigenvalue weighted by Crippen LogP contribution is 2.30. The maximum Gasteiger partial charge on any atom is 0.240 e. The summed E-state index contributed by atoms with van der Waals surface area (Å²) in [4.78, 5) is 0.0752. The Hall–Kier alpha value is -1.76. The van der Waals surface area contributed by atoms with Gasteiger partial charge in [0, 0.05) is 11.1 Å². The van der Waals surface area contributed by atoms with E-state index in [1.54, 1.807) is 24.3 Å². The van der Waals surface area contributed by atoms with Gasteiger partial charge in [-0.3, -0.25) is 0 Å². The molecule has 0 saturated carbocycles. The zero-order chi connectivity index (χ0) is 14.8. The quantitative estimate of drug-likeness (QED) is 0.850. The van der Waals surface area contributed by atoms with E-state index >= 15 is 0 Å². The van der Waals surface area contributed by atoms with Gasteiger partial charge in [-0.05, 0) is 37.4 Å². The van der Waals surface area contributed by atoms with Gasteiger partial charge in [-0.15, -0.1) is 0 Å². The standard InChI is InChI=1S/C13H13ClN2O3S/c1-16-20(17,18)11-5-6-12(15)13(8-11)19-10-4-2-3-9(14)7-10/h2-8,16H,15H2,1H3. The minimum absolute atomic E-state index is 0.0752. The molecule has 0 unspecified atom stereocenters. The van der Waals surface area contributed by atoms with Crippen LogP contribution in [0.2, 0.25) is 5.02 Å². The number of anilines is 1. The van der Waals surface area contributed by atoms with Crippen LogP contribution in [0, 0.1) is 0 Å². The molecule has 5 nitrogen and oxygen atoms in total. The van der Waals surface area contributed by atoms with Crippen LogP contribution in [0.15, 0.2) is 47.4 Å². The molecule has 0 atom stereocenters. The van der Waals surface area contributed by atoms with Crippen LogP contribution >= 0.6 is 11.6 Å². The van der Waals surface area contributed by atoms with Crippen molar-refractivity contribution in [3.05, 3.63) is 47.5 Å². The summed E-state index contributed by atoms with van der Waals surface area (Å²) in [5.41, 5.74) is 6.12. The monoisotopic (exact) mass is 312 g/mol. The van der Waals surface area contributed by atoms with Gasteiger partial charge < -0.3 is 10.5 Å². The normalized spacial score (nSPS) is 11.3. The summed E-state index contributed by atoms with van der Waals surface area (Å²) in [6, 6.07) is 11.0. The van der Waals surface area contributed by atoms with Gasteiger partial charge in [0.2, 0.25) is 10.0 Å². The van der Waals surface area contributed by atoms with E-state index in [-0.39, 0.29) is 10.6 Å². The van der Waals surface area contributed by atoms with Crippen molar-refractivity contribution in [2.45, 2.75) is 4.90 Å². The largest absolute Gasteiger partial charge is 0.455 e. The third-order valence-electron chi connectivity index (χ3n) is 2.59. The Kier molecular flexibility index (Phi) is 4.17. The third kappa shape index (κ3) is 3.22. The van der Waals surface area contributed by atoms with Gasteiger partial charge >= 0.3 is 0 Å². The summed E-state index contributed by atoms with van der Waals surface area (Å²) in [5.74, 6) is 0.729. The van der Waals surface area contributed by atoms with E-state index in [4.69, 9.17) is 22.1 Å². The first-order chi connectivity index (χ1) is 9.42. The highest BCUT2D eigenvalue weighted by Gasteiger charge is 2.14. The Morgan fingerprint density at radius 2 is 1.95 bits per heavy atom. The molecule has 0 radical (unpaired) electrons. The molecule has 0 saturated heterocycles. The lowest BCUT2D eigenvalue weighted by molar-refractivity contribution is 0.483. The first kappa shape index (κ1) is 14.6. The van der Waals surface area contributed by atoms with Gasteiger partial charge in [-0.1, -0.05) is 17.7 Å². The lowest BCUT2D eigenvalue weighted by Gasteiger charge is -2.10. The summed E-state index contributed by atoms with van der Waals surface area (Å²) >= 11 is 5.86. The van der Waals surface area contributed by atoms with E-state index < -0.39 is 10.0 Å². The zero-order valence-electron chi connectivity index (χ0n) is 10.6. The fourth-order valence-corrected chi connectivity index (χ4v) is 2.47. The number of nitrogens with one attached hydrogen (secondary N) is 1. The highest BCUT2D eigenvalue weighted by molar-refractivity contribution is 7.89. The molecule has 0 aromatic heterocycles. The van der Waals surface area contributed by atoms with Crippen molar-refractivity contribution in [1.82, 2.24) is 4.72 Å². The molecule has 0 aliphatic rings. The van der Waals surface area contributed by atoms with E-state index in [0.29, 0.717) is 16.5 Å². The number of ether oxygens (including phenoxy) is 1. The van der Waals surface area contributed by atoms with Gasteiger partial charge in [-0.2, -0.15) is 0 Å². The fourth-order valence-electron chi connectivity index (χ4n) is 1.55. The molecule has 0 aliphatic carbocycles. The van der Waals surface area contributed by atoms with Crippen molar-refractivity contribution in [1.29, 1.82) is 0 Å². The van der Waals surface area contributed by atoms with Crippen molar-refractivity contribution < 1.29 is 13.2 Å². The number of nitrogens with two attached hydrogens (primary N) is 1. The number of rotatable bonds is 4. The Morgan fingerprint density at radius 3 is 2.60 bits per heavy atom. The molecular formula is C13H13ClN2O3S. The Balaban J connectivity index is 2.39. The maximum atomic E-state index is 11.7. The number of nitrogen functional groups attached to an aromatic ring is 1. The Morgan fingerprint density at radius 1 is 1.20 bits per heavy atom. The van der Waals surface area contributed by atoms with Crippen molar-refractivity contribution in [2.24, 2.45) is 0 Å². The number of sulfonamides is 1. The molecule has 0 bridgehead atoms. The minimum Gasteiger partial charge on any atom is -0.455 e. The molecule has 0 fully saturated rings. The second-order valence-electron chi connectivity index (χ2n) is 3.97. The summed E-state index contributed by atoms with van der Waals surface area (Å²) in [5, 5.41) is 0.514. The molecule has 7 heteroatoms. The smallest absolute Gasteiger partial charge is 0.240 e. The van der Waals surface area contributed by atoms with Gasteiger partial charge in [0.25, 0.3) is 0 Å². The van der Waals surface area contributed by atoms with E-state index in [1.165, 1.54) is 25.2 Å². The van der Waals surface area contributed by atoms with Gasteiger partial charge in [0.1, 0.15) is 5.75 Å². The van der Waals surface area contributed by atoms with Crippen LogP contribution in [0.25, 0.3) is 0 Å². The van der Waals surface area contributed by atoms with Crippen molar-refractivity contribution >= 4 is 27.3 Å². The highest BCUT2D eigenvalue weighted by atomic mass is 35.5. The van der Waals surface area contributed by atoms with E-state index in [2.05, 4.69) is 4.72 Å². The van der Waals surface area contributed by atoms with Crippen molar-refractivity contribution in [3.63, 3.8) is 0 Å². The van der Waals surface area contributed by atoms with Crippen molar-refractivity contribution in [3.8, 4) is 11.5 Å². The molecular weight excluding hydrogens is 300 g/mol. The van der Waals surface area contributed by atoms with E-state index in [1.807, 2.05) is 0 Å². The fraction of sp³-hybridized carbons (Fsp3) is 0.0769. The minimum atomic E-state index is -3.55. The zero-order valence-corrected chi connectivity index (χ0v) is 12.2. The van der Waals surface area contributed by atoms with E-state index in [9.17, 15) is 8.42 Å². The van der Waals surface area contributed by atoms with Crippen LogP contribution in [0.1, 0.15) is 0 Å². The number of hydrogen-bond donors (Lipinski definition) is 2. The predicted octanol–water partition coefficient (Wildman–Crippen LogP) is 2.62. The number of halogens is 1. The van der Waals surface area contributed by atoms with E-state index in [0.717, 1.165) is 0 Å². The lowest BCUT2D eigenvalue weighted by Crippen LogP contribution is -2.18. The summed E-state index contributed by atoms with van der Waals surface area (Å²) in [7, 11) is -2.21. The molecule has 0 spiro atoms. The molecule has 3 N–H and O–H groups in total. The van der Waals surface area contributed by atoms with Crippen LogP contribution in [0.4, 0.5) is 5.69 Å². The second kappa shape index (κ2) is 5.70. The second-order valence-corrected chi connectivity index (χ2v) is 6.29. The summed E-state index contributed by atoms with van der Waals surface area (Å²) in [6.07, 6.45) is 0. The molecule has 106 valence electrons. The third-order valence-corrected chi connectivity index (χ3v) is 4.24. The molecule has 2 rings (SSSR count). The molecule has 0 heterocycles. The SMILES string of the molecule is CNS(=O)(=O)c1ccc(N)c(Oc2cccc(Cl)c2)c1. The van der Waals surface area contributed by atoms with Crippen LogP contribution in [0.5, 0.6) is 11.5 Å². The van der Waals surface area contributed by atoms with Crippen LogP contribution < -0.4 is 15.2 Å². The van der Waals surface area contributed by atoms with Gasteiger partial charge in [-0.25, -0.2) is 13.1 Å². The summed E-state index contributed by atoms with van der Waals surface area (Å²) < 4.78 is 31.3. The first-order valence-corrected chi connectivity index (χ1v) is 7.55. The average Bonchev–Trinajstić information content (AvgIpc) is 2.41. The van der Waals surface area contributed by atoms with Gasteiger partial charge in [0.15, 0.2) is 5.75 Å². The Labute approximate surface area is 122 Å². The van der Waals surface area contributed by atoms with Gasteiger partial charge in [0.05, 0.1) is 10.6 Å². The van der Waals surface area contributed by atoms with Crippen LogP contribution in [-0.2, 0) is 10.0 Å². The molecule has 0 amide bonds. The van der Waals surface area contributed by atoms with Crippen LogP contribution in [-0.4, -0.2) is 15.5 Å². The average molecular weight is 313 g/mol. The summed E-state index contributed by atoms with van der Waals surface area (Å²) in [6.45, 7) is 0. The molecule has 2 aromatic rings. The van der Waals surface area contributed by atoms with Crippen LogP contribution in [0.3, 0.4) is 0 Å². The first-order valence-electron chi connectivity index (χ1n) is 5.69. The Bertz CT molecular complexity index is 732. The topological polar surface area (TPSA) is 81.4 Å². The molecule has 20 heavy (non-hydrogen) atoms. The molecule has 0 aliphatic heterocycles. The molecule has 2 aromatic carbocycles. The lowest BCUT2D eigenvalue weighted by atomic mass is 10.3. The predicted molar refractivity (Wildman–Crippen MR) is 78.6 cm³/mol. The van der Waals surface area contributed by atoms with Crippen molar-refractivity contribution in [2.75, 3.05) is 12.8 Å². The number of hydrogen-bond acceptors (Lipinski definition) is 4.